The minimum absolute atomic E-state index is 0.0761. The first-order valence-electron chi connectivity index (χ1n) is 21.8. The van der Waals surface area contributed by atoms with Crippen LogP contribution in [0.2, 0.25) is 0 Å². The van der Waals surface area contributed by atoms with Crippen LogP contribution in [0.15, 0.2) is 107 Å². The van der Waals surface area contributed by atoms with E-state index in [1.165, 1.54) is 16.7 Å². The molecule has 5 aliphatic rings. The second kappa shape index (κ2) is 18.8. The van der Waals surface area contributed by atoms with Gasteiger partial charge in [-0.1, -0.05) is 96.2 Å². The first-order chi connectivity index (χ1) is 28.3. The number of allylic oxidation sites excluding steroid dienone is 10. The number of nitrogens with one attached hydrogen (secondary N) is 2. The fourth-order valence-corrected chi connectivity index (χ4v) is 11.9. The Labute approximate surface area is 352 Å². The number of aliphatic hydroxyl groups excluding tert-OH is 2. The van der Waals surface area contributed by atoms with Gasteiger partial charge in [-0.3, -0.25) is 4.79 Å². The summed E-state index contributed by atoms with van der Waals surface area (Å²) in [7, 11) is 3.63. The molecule has 1 spiro atoms. The average molecular weight is 811 g/mol. The van der Waals surface area contributed by atoms with Gasteiger partial charge in [-0.15, -0.1) is 0 Å². The molecule has 1 aromatic carbocycles. The average Bonchev–Trinajstić information content (AvgIpc) is 3.54. The van der Waals surface area contributed by atoms with Crippen molar-refractivity contribution in [2.24, 2.45) is 34.5 Å². The number of aldehydes is 1. The summed E-state index contributed by atoms with van der Waals surface area (Å²) in [4.78, 5) is 12.6. The van der Waals surface area contributed by atoms with Crippen LogP contribution in [-0.4, -0.2) is 97.3 Å². The van der Waals surface area contributed by atoms with Gasteiger partial charge in [-0.25, -0.2) is 0 Å². The Morgan fingerprint density at radius 3 is 2.64 bits per heavy atom. The monoisotopic (exact) mass is 811 g/mol. The van der Waals surface area contributed by atoms with Crippen LogP contribution in [0.5, 0.6) is 0 Å². The van der Waals surface area contributed by atoms with E-state index < -0.39 is 40.7 Å². The molecule has 2 fully saturated rings. The molecule has 6 rings (SSSR count). The summed E-state index contributed by atoms with van der Waals surface area (Å²) >= 11 is 0. The lowest BCUT2D eigenvalue weighted by Crippen LogP contribution is -2.72. The molecule has 0 aromatic heterocycles. The molecule has 6 N–H and O–H groups in total. The normalized spacial score (nSPS) is 37.3. The number of benzene rings is 1. The summed E-state index contributed by atoms with van der Waals surface area (Å²) < 4.78 is 11.2. The topological polar surface area (TPSA) is 141 Å². The first kappa shape index (κ1) is 45.3. The Kier molecular flexibility index (Phi) is 14.4. The molecular formula is C50H70N2O7. The predicted molar refractivity (Wildman–Crippen MR) is 234 cm³/mol. The van der Waals surface area contributed by atoms with Crippen LogP contribution < -0.4 is 10.6 Å². The summed E-state index contributed by atoms with van der Waals surface area (Å²) in [6.45, 7) is 12.5. The second-order valence-electron chi connectivity index (χ2n) is 18.5. The van der Waals surface area contributed by atoms with Gasteiger partial charge in [0.15, 0.2) is 0 Å². The van der Waals surface area contributed by atoms with E-state index in [2.05, 4.69) is 79.6 Å². The molecular weight excluding hydrogens is 741 g/mol. The van der Waals surface area contributed by atoms with Crippen molar-refractivity contribution in [2.75, 3.05) is 53.9 Å². The SMILES string of the molecule is C=C(/C=C/C=C(/COCO)[C@@H]1CC[C@@]23[C@H]4/C(=C(/C)C=O)[C@H](C=C[C@@]4(CCO)C=C[C@@]12O)C[C@]3(O)CCNC)[C@@H]1C/C=C(\C)CN[C@@](C)(CCOC)Cc2cccc(c2)C1. The van der Waals surface area contributed by atoms with E-state index in [-0.39, 0.29) is 30.6 Å². The van der Waals surface area contributed by atoms with Gasteiger partial charge in [0.2, 0.25) is 0 Å². The van der Waals surface area contributed by atoms with Crippen LogP contribution in [0.25, 0.3) is 0 Å². The summed E-state index contributed by atoms with van der Waals surface area (Å²) in [5, 5.41) is 54.0. The van der Waals surface area contributed by atoms with Gasteiger partial charge in [-0.2, -0.15) is 0 Å². The third-order valence-electron chi connectivity index (χ3n) is 14.9. The van der Waals surface area contributed by atoms with Gasteiger partial charge in [-0.05, 0) is 120 Å². The molecule has 322 valence electrons. The number of ether oxygens (including phenoxy) is 2. The number of methoxy groups -OCH3 is 1. The van der Waals surface area contributed by atoms with Gasteiger partial charge in [0.25, 0.3) is 0 Å². The van der Waals surface area contributed by atoms with E-state index in [0.717, 1.165) is 55.2 Å². The molecule has 9 heteroatoms. The minimum Gasteiger partial charge on any atom is -0.396 e. The van der Waals surface area contributed by atoms with Crippen molar-refractivity contribution in [3.05, 3.63) is 118 Å². The van der Waals surface area contributed by atoms with E-state index in [9.17, 15) is 25.2 Å². The number of aliphatic hydroxyl groups is 4. The lowest BCUT2D eigenvalue weighted by molar-refractivity contribution is -0.233. The first-order valence-corrected chi connectivity index (χ1v) is 21.8. The van der Waals surface area contributed by atoms with Crippen molar-refractivity contribution in [3.8, 4) is 0 Å². The highest BCUT2D eigenvalue weighted by atomic mass is 16.6. The van der Waals surface area contributed by atoms with Crippen LogP contribution in [-0.2, 0) is 27.1 Å². The molecule has 2 saturated carbocycles. The predicted octanol–water partition coefficient (Wildman–Crippen LogP) is 6.26. The highest BCUT2D eigenvalue weighted by molar-refractivity contribution is 5.75. The number of hydrogen-bond donors (Lipinski definition) is 6. The summed E-state index contributed by atoms with van der Waals surface area (Å²) in [5.74, 6) is -0.855. The van der Waals surface area contributed by atoms with E-state index in [0.29, 0.717) is 50.8 Å². The van der Waals surface area contributed by atoms with Crippen molar-refractivity contribution >= 4 is 6.29 Å². The van der Waals surface area contributed by atoms with Gasteiger partial charge in [0, 0.05) is 61.0 Å². The molecule has 59 heavy (non-hydrogen) atoms. The Morgan fingerprint density at radius 1 is 1.12 bits per heavy atom. The van der Waals surface area contributed by atoms with E-state index in [4.69, 9.17) is 9.47 Å². The molecule has 1 aromatic rings. The molecule has 4 aliphatic carbocycles. The molecule has 9 atom stereocenters. The van der Waals surface area contributed by atoms with Gasteiger partial charge >= 0.3 is 0 Å². The molecule has 0 unspecified atom stereocenters. The second-order valence-corrected chi connectivity index (χ2v) is 18.5. The lowest BCUT2D eigenvalue weighted by atomic mass is 9.37. The quantitative estimate of drug-likeness (QED) is 0.0376. The maximum absolute atomic E-state index is 13.5. The standard InChI is InChI=1S/C50H70N2O7/c1-35-13-14-40(28-38-10-8-11-39(27-38)29-46(4,52-31-35)23-26-58-6)36(2)9-7-12-42(33-59-34-55)43-16-18-49-45-44(37(3)32-54)41(30-48(49,56)21-24-51-5)15-17-47(45,22-25-53)19-20-50(43,49)57/h7-13,15,17,19-20,27,32,40-41,43,45,51-53,55-57H,2,14,16,18,21-26,28-31,33-34H2,1,3-6H3/b9-7+,35-13+,42-12-,44-37-/t40-,41-,43+,45+,46+,47+,48-,49+,50-/m1/s1. The zero-order valence-electron chi connectivity index (χ0n) is 36.1. The van der Waals surface area contributed by atoms with Crippen molar-refractivity contribution in [3.63, 3.8) is 0 Å². The molecule has 0 saturated heterocycles. The Morgan fingerprint density at radius 2 is 1.92 bits per heavy atom. The number of fused-ring (bicyclic) bond motifs is 3. The van der Waals surface area contributed by atoms with Crippen LogP contribution >= 0.6 is 0 Å². The molecule has 1 aliphatic heterocycles. The summed E-state index contributed by atoms with van der Waals surface area (Å²) in [6.07, 6.45) is 23.3. The zero-order chi connectivity index (χ0) is 42.5. The maximum Gasteiger partial charge on any atom is 0.145 e. The number of rotatable bonds is 16. The van der Waals surface area contributed by atoms with E-state index in [1.54, 1.807) is 7.11 Å². The molecule has 0 radical (unpaired) electrons. The maximum atomic E-state index is 13.5. The number of hydrogen-bond acceptors (Lipinski definition) is 9. The third-order valence-corrected chi connectivity index (χ3v) is 14.9. The Hall–Kier alpha value is -3.25. The minimum atomic E-state index is -1.52. The van der Waals surface area contributed by atoms with E-state index in [1.807, 2.05) is 38.3 Å². The number of carbonyl (C=O) groups excluding carboxylic acids is 1. The molecule has 4 bridgehead atoms. The smallest absolute Gasteiger partial charge is 0.145 e. The van der Waals surface area contributed by atoms with Crippen LogP contribution in [0.4, 0.5) is 0 Å². The highest BCUT2D eigenvalue weighted by Crippen LogP contribution is 2.75. The van der Waals surface area contributed by atoms with Gasteiger partial charge < -0.3 is 40.5 Å². The van der Waals surface area contributed by atoms with Crippen LogP contribution in [0.1, 0.15) is 76.8 Å². The zero-order valence-corrected chi connectivity index (χ0v) is 36.1. The lowest BCUT2D eigenvalue weighted by Gasteiger charge is -2.68. The van der Waals surface area contributed by atoms with Crippen molar-refractivity contribution in [1.82, 2.24) is 10.6 Å². The van der Waals surface area contributed by atoms with Crippen LogP contribution in [0.3, 0.4) is 0 Å². The van der Waals surface area contributed by atoms with Crippen LogP contribution in [0, 0.1) is 34.5 Å². The van der Waals surface area contributed by atoms with Gasteiger partial charge in [0.05, 0.1) is 17.8 Å². The Bertz CT molecular complexity index is 1880. The highest BCUT2D eigenvalue weighted by Gasteiger charge is 2.77. The van der Waals surface area contributed by atoms with Crippen molar-refractivity contribution < 1.29 is 34.7 Å². The van der Waals surface area contributed by atoms with Gasteiger partial charge in [0.1, 0.15) is 13.1 Å². The molecule has 1 heterocycles. The number of carbonyl (C=O) groups is 1. The van der Waals surface area contributed by atoms with Crippen molar-refractivity contribution in [1.29, 1.82) is 0 Å². The fourth-order valence-electron chi connectivity index (χ4n) is 11.9. The van der Waals surface area contributed by atoms with Crippen molar-refractivity contribution in [2.45, 2.75) is 95.3 Å². The largest absolute Gasteiger partial charge is 0.396 e. The summed E-state index contributed by atoms with van der Waals surface area (Å²) in [5.41, 5.74) is 2.60. The molecule has 9 nitrogen and oxygen atoms in total. The summed E-state index contributed by atoms with van der Waals surface area (Å²) in [6, 6.07) is 8.89. The fraction of sp³-hybridized carbons (Fsp3) is 0.580. The molecule has 0 amide bonds. The van der Waals surface area contributed by atoms with E-state index >= 15 is 0 Å². The third kappa shape index (κ3) is 8.64. The Balaban J connectivity index is 1.36.